The van der Waals surface area contributed by atoms with Crippen LogP contribution in [0.3, 0.4) is 0 Å². The standard InChI is InChI=1S/C18H12N4S/c19-9-13-5-7-14(8-6-13)10-22-17-4-2-1-3-15(17)21-18(22)16-11-23-12-20-16/h1-8,11-12H,10H2. The minimum absolute atomic E-state index is 0.670. The number of nitrogens with zero attached hydrogens (tertiary/aromatic N) is 4. The van der Waals surface area contributed by atoms with E-state index in [9.17, 15) is 0 Å². The van der Waals surface area contributed by atoms with Gasteiger partial charge in [-0.15, -0.1) is 11.3 Å². The van der Waals surface area contributed by atoms with Gasteiger partial charge >= 0.3 is 0 Å². The monoisotopic (exact) mass is 316 g/mol. The van der Waals surface area contributed by atoms with Gasteiger partial charge in [0, 0.05) is 11.9 Å². The number of para-hydroxylation sites is 2. The van der Waals surface area contributed by atoms with Gasteiger partial charge in [-0.3, -0.25) is 0 Å². The Bertz CT molecular complexity index is 992. The highest BCUT2D eigenvalue weighted by Crippen LogP contribution is 2.25. The third-order valence-electron chi connectivity index (χ3n) is 3.74. The highest BCUT2D eigenvalue weighted by atomic mass is 32.1. The summed E-state index contributed by atoms with van der Waals surface area (Å²) in [5.41, 5.74) is 6.55. The quantitative estimate of drug-likeness (QED) is 0.572. The molecular weight excluding hydrogens is 304 g/mol. The summed E-state index contributed by atoms with van der Waals surface area (Å²) in [5.74, 6) is 0.872. The number of hydrogen-bond donors (Lipinski definition) is 0. The van der Waals surface area contributed by atoms with E-state index in [1.165, 1.54) is 0 Å². The molecule has 110 valence electrons. The van der Waals surface area contributed by atoms with Crippen molar-refractivity contribution in [2.45, 2.75) is 6.54 Å². The van der Waals surface area contributed by atoms with E-state index in [1.807, 2.05) is 53.4 Å². The van der Waals surface area contributed by atoms with Gasteiger partial charge in [0.05, 0.1) is 28.2 Å². The highest BCUT2D eigenvalue weighted by molar-refractivity contribution is 7.07. The molecule has 0 N–H and O–H groups in total. The van der Waals surface area contributed by atoms with Gasteiger partial charge in [-0.1, -0.05) is 24.3 Å². The Kier molecular flexibility index (Phi) is 3.37. The third-order valence-corrected chi connectivity index (χ3v) is 4.33. The van der Waals surface area contributed by atoms with Crippen molar-refractivity contribution in [3.05, 3.63) is 70.5 Å². The number of thiazole rings is 1. The molecule has 0 aliphatic rings. The van der Waals surface area contributed by atoms with Gasteiger partial charge in [-0.25, -0.2) is 9.97 Å². The summed E-state index contributed by atoms with van der Waals surface area (Å²) < 4.78 is 2.17. The molecule has 0 aliphatic carbocycles. The maximum atomic E-state index is 8.92. The molecule has 5 heteroatoms. The smallest absolute Gasteiger partial charge is 0.160 e. The second-order valence-corrected chi connectivity index (χ2v) is 5.91. The first-order valence-electron chi connectivity index (χ1n) is 7.18. The Hall–Kier alpha value is -2.97. The van der Waals surface area contributed by atoms with E-state index in [0.29, 0.717) is 12.1 Å². The molecule has 0 saturated carbocycles. The van der Waals surface area contributed by atoms with E-state index >= 15 is 0 Å². The fourth-order valence-electron chi connectivity index (χ4n) is 2.62. The second kappa shape index (κ2) is 5.67. The molecule has 23 heavy (non-hydrogen) atoms. The molecule has 4 aromatic rings. The summed E-state index contributed by atoms with van der Waals surface area (Å²) in [6, 6.07) is 17.9. The number of aromatic nitrogens is 3. The van der Waals surface area contributed by atoms with Crippen LogP contribution in [0.2, 0.25) is 0 Å². The van der Waals surface area contributed by atoms with Crippen LogP contribution in [0.15, 0.2) is 59.4 Å². The molecule has 2 heterocycles. The average Bonchev–Trinajstić information content (AvgIpc) is 3.24. The van der Waals surface area contributed by atoms with Crippen molar-refractivity contribution in [1.29, 1.82) is 5.26 Å². The summed E-state index contributed by atoms with van der Waals surface area (Å²) in [4.78, 5) is 9.14. The first-order chi connectivity index (χ1) is 11.3. The summed E-state index contributed by atoms with van der Waals surface area (Å²) in [6.07, 6.45) is 0. The lowest BCUT2D eigenvalue weighted by Gasteiger charge is -2.08. The van der Waals surface area contributed by atoms with Crippen molar-refractivity contribution in [3.8, 4) is 17.6 Å². The van der Waals surface area contributed by atoms with Gasteiger partial charge in [0.25, 0.3) is 0 Å². The maximum absolute atomic E-state index is 8.92. The largest absolute Gasteiger partial charge is 0.318 e. The van der Waals surface area contributed by atoms with Gasteiger partial charge in [0.1, 0.15) is 5.69 Å². The number of imidazole rings is 1. The lowest BCUT2D eigenvalue weighted by Crippen LogP contribution is -2.02. The average molecular weight is 316 g/mol. The molecule has 0 aliphatic heterocycles. The summed E-state index contributed by atoms with van der Waals surface area (Å²) in [5, 5.41) is 10.9. The number of hydrogen-bond acceptors (Lipinski definition) is 4. The number of benzene rings is 2. The van der Waals surface area contributed by atoms with E-state index in [-0.39, 0.29) is 0 Å². The normalized spacial score (nSPS) is 10.7. The predicted octanol–water partition coefficient (Wildman–Crippen LogP) is 4.08. The van der Waals surface area contributed by atoms with Gasteiger partial charge in [0.15, 0.2) is 5.82 Å². The molecule has 2 aromatic heterocycles. The molecule has 0 atom stereocenters. The molecule has 0 spiro atoms. The van der Waals surface area contributed by atoms with Crippen molar-refractivity contribution in [3.63, 3.8) is 0 Å². The lowest BCUT2D eigenvalue weighted by atomic mass is 10.1. The zero-order valence-corrected chi connectivity index (χ0v) is 13.0. The van der Waals surface area contributed by atoms with E-state index in [2.05, 4.69) is 21.7 Å². The van der Waals surface area contributed by atoms with E-state index < -0.39 is 0 Å². The van der Waals surface area contributed by atoms with Crippen molar-refractivity contribution in [2.24, 2.45) is 0 Å². The molecular formula is C18H12N4S. The van der Waals surface area contributed by atoms with Crippen LogP contribution < -0.4 is 0 Å². The van der Waals surface area contributed by atoms with Crippen molar-refractivity contribution < 1.29 is 0 Å². The third kappa shape index (κ3) is 2.50. The van der Waals surface area contributed by atoms with Gasteiger partial charge in [-0.05, 0) is 29.8 Å². The van der Waals surface area contributed by atoms with Gasteiger partial charge in [-0.2, -0.15) is 5.26 Å². The predicted molar refractivity (Wildman–Crippen MR) is 91.1 cm³/mol. The van der Waals surface area contributed by atoms with Crippen LogP contribution in [0.4, 0.5) is 0 Å². The SMILES string of the molecule is N#Cc1ccc(Cn2c(-c3cscn3)nc3ccccc32)cc1. The van der Waals surface area contributed by atoms with Gasteiger partial charge < -0.3 is 4.57 Å². The number of rotatable bonds is 3. The molecule has 0 amide bonds. The number of fused-ring (bicyclic) bond motifs is 1. The molecule has 0 saturated heterocycles. The molecule has 4 rings (SSSR count). The first kappa shape index (κ1) is 13.7. The molecule has 0 unspecified atom stereocenters. The summed E-state index contributed by atoms with van der Waals surface area (Å²) in [6.45, 7) is 0.694. The van der Waals surface area contributed by atoms with E-state index in [0.717, 1.165) is 28.1 Å². The van der Waals surface area contributed by atoms with Crippen LogP contribution in [-0.4, -0.2) is 14.5 Å². The topological polar surface area (TPSA) is 54.5 Å². The minimum Gasteiger partial charge on any atom is -0.318 e. The van der Waals surface area contributed by atoms with Crippen molar-refractivity contribution in [1.82, 2.24) is 14.5 Å². The molecule has 2 aromatic carbocycles. The molecule has 0 bridgehead atoms. The maximum Gasteiger partial charge on any atom is 0.160 e. The van der Waals surface area contributed by atoms with Crippen LogP contribution >= 0.6 is 11.3 Å². The van der Waals surface area contributed by atoms with Crippen LogP contribution in [0.25, 0.3) is 22.6 Å². The van der Waals surface area contributed by atoms with E-state index in [1.54, 1.807) is 11.3 Å². The van der Waals surface area contributed by atoms with Crippen LogP contribution in [-0.2, 0) is 6.54 Å². The van der Waals surface area contributed by atoms with Gasteiger partial charge in [0.2, 0.25) is 0 Å². The molecule has 4 nitrogen and oxygen atoms in total. The van der Waals surface area contributed by atoms with Crippen molar-refractivity contribution >= 4 is 22.4 Å². The van der Waals surface area contributed by atoms with Crippen LogP contribution in [0.1, 0.15) is 11.1 Å². The second-order valence-electron chi connectivity index (χ2n) is 5.19. The Morgan fingerprint density at radius 1 is 1.09 bits per heavy atom. The lowest BCUT2D eigenvalue weighted by molar-refractivity contribution is 0.831. The van der Waals surface area contributed by atoms with Crippen molar-refractivity contribution in [2.75, 3.05) is 0 Å². The number of nitriles is 1. The molecule has 0 radical (unpaired) electrons. The summed E-state index contributed by atoms with van der Waals surface area (Å²) in [7, 11) is 0. The van der Waals surface area contributed by atoms with E-state index in [4.69, 9.17) is 10.2 Å². The Morgan fingerprint density at radius 2 is 1.91 bits per heavy atom. The fourth-order valence-corrected chi connectivity index (χ4v) is 3.15. The summed E-state index contributed by atoms with van der Waals surface area (Å²) >= 11 is 1.56. The van der Waals surface area contributed by atoms with Crippen LogP contribution in [0, 0.1) is 11.3 Å². The Balaban J connectivity index is 1.84. The fraction of sp³-hybridized carbons (Fsp3) is 0.0556. The minimum atomic E-state index is 0.670. The zero-order chi connectivity index (χ0) is 15.6. The molecule has 0 fully saturated rings. The zero-order valence-electron chi connectivity index (χ0n) is 12.2. The first-order valence-corrected chi connectivity index (χ1v) is 8.12. The Morgan fingerprint density at radius 3 is 2.65 bits per heavy atom. The Labute approximate surface area is 137 Å². The van der Waals surface area contributed by atoms with Crippen LogP contribution in [0.5, 0.6) is 0 Å². The highest BCUT2D eigenvalue weighted by Gasteiger charge is 2.14.